The Morgan fingerprint density at radius 3 is 2.31 bits per heavy atom. The lowest BCUT2D eigenvalue weighted by molar-refractivity contribution is -0.149. The monoisotopic (exact) mass is 228 g/mol. The van der Waals surface area contributed by atoms with Crippen LogP contribution >= 0.6 is 0 Å². The van der Waals surface area contributed by atoms with Crippen LogP contribution in [0.3, 0.4) is 0 Å². The van der Waals surface area contributed by atoms with E-state index in [-0.39, 0.29) is 0 Å². The SMILES string of the molecule is CCCC(C)(CN1CCN(C)CC1)C(=O)O. The molecule has 0 aromatic carbocycles. The van der Waals surface area contributed by atoms with Crippen molar-refractivity contribution in [1.29, 1.82) is 0 Å². The number of piperazine rings is 1. The summed E-state index contributed by atoms with van der Waals surface area (Å²) >= 11 is 0. The molecule has 4 heteroatoms. The number of likely N-dealkylation sites (N-methyl/N-ethyl adjacent to an activating group) is 1. The molecule has 0 spiro atoms. The number of carboxylic acid groups (broad SMARTS) is 1. The average Bonchev–Trinajstić information content (AvgIpc) is 2.22. The highest BCUT2D eigenvalue weighted by atomic mass is 16.4. The van der Waals surface area contributed by atoms with E-state index in [2.05, 4.69) is 16.8 Å². The molecule has 0 saturated carbocycles. The van der Waals surface area contributed by atoms with Gasteiger partial charge in [0.2, 0.25) is 0 Å². The summed E-state index contributed by atoms with van der Waals surface area (Å²) in [6.07, 6.45) is 1.69. The van der Waals surface area contributed by atoms with Crippen molar-refractivity contribution in [2.75, 3.05) is 39.8 Å². The summed E-state index contributed by atoms with van der Waals surface area (Å²) in [5, 5.41) is 9.31. The van der Waals surface area contributed by atoms with Crippen LogP contribution < -0.4 is 0 Å². The van der Waals surface area contributed by atoms with E-state index in [9.17, 15) is 9.90 Å². The van der Waals surface area contributed by atoms with Crippen molar-refractivity contribution in [3.63, 3.8) is 0 Å². The number of hydrogen-bond acceptors (Lipinski definition) is 3. The fourth-order valence-corrected chi connectivity index (χ4v) is 2.30. The molecule has 1 unspecified atom stereocenters. The van der Waals surface area contributed by atoms with Gasteiger partial charge in [0.05, 0.1) is 5.41 Å². The van der Waals surface area contributed by atoms with Crippen LogP contribution in [-0.2, 0) is 4.79 Å². The number of hydrogen-bond donors (Lipinski definition) is 1. The topological polar surface area (TPSA) is 43.8 Å². The molecule has 0 aliphatic carbocycles. The first kappa shape index (κ1) is 13.5. The molecule has 1 aliphatic heterocycles. The van der Waals surface area contributed by atoms with Gasteiger partial charge in [0.1, 0.15) is 0 Å². The first-order valence-electron chi connectivity index (χ1n) is 6.12. The minimum Gasteiger partial charge on any atom is -0.481 e. The van der Waals surface area contributed by atoms with E-state index in [1.807, 2.05) is 13.8 Å². The Labute approximate surface area is 98.2 Å². The first-order valence-corrected chi connectivity index (χ1v) is 6.12. The van der Waals surface area contributed by atoms with Gasteiger partial charge in [-0.2, -0.15) is 0 Å². The molecule has 0 radical (unpaired) electrons. The van der Waals surface area contributed by atoms with Gasteiger partial charge < -0.3 is 10.0 Å². The van der Waals surface area contributed by atoms with E-state index in [4.69, 9.17) is 0 Å². The largest absolute Gasteiger partial charge is 0.481 e. The summed E-state index contributed by atoms with van der Waals surface area (Å²) in [5.41, 5.74) is -0.579. The predicted octanol–water partition coefficient (Wildman–Crippen LogP) is 1.12. The molecule has 1 heterocycles. The molecule has 0 aromatic heterocycles. The molecule has 1 fully saturated rings. The van der Waals surface area contributed by atoms with Gasteiger partial charge >= 0.3 is 5.97 Å². The first-order chi connectivity index (χ1) is 7.48. The Morgan fingerprint density at radius 2 is 1.88 bits per heavy atom. The molecule has 0 aromatic rings. The fraction of sp³-hybridized carbons (Fsp3) is 0.917. The second-order valence-corrected chi connectivity index (χ2v) is 5.20. The van der Waals surface area contributed by atoms with E-state index in [1.54, 1.807) is 0 Å². The standard InChI is InChI=1S/C12H24N2O2/c1-4-5-12(2,11(15)16)10-14-8-6-13(3)7-9-14/h4-10H2,1-3H3,(H,15,16). The van der Waals surface area contributed by atoms with E-state index in [1.165, 1.54) is 0 Å². The smallest absolute Gasteiger partial charge is 0.310 e. The highest BCUT2D eigenvalue weighted by Crippen LogP contribution is 2.25. The van der Waals surface area contributed by atoms with Crippen molar-refractivity contribution >= 4 is 5.97 Å². The van der Waals surface area contributed by atoms with Crippen molar-refractivity contribution in [3.05, 3.63) is 0 Å². The van der Waals surface area contributed by atoms with Crippen LogP contribution in [0.1, 0.15) is 26.7 Å². The number of carboxylic acids is 1. The molecule has 0 bridgehead atoms. The van der Waals surface area contributed by atoms with E-state index in [0.717, 1.165) is 39.0 Å². The Kier molecular flexibility index (Phi) is 4.74. The summed E-state index contributed by atoms with van der Waals surface area (Å²) in [6.45, 7) is 8.67. The zero-order valence-electron chi connectivity index (χ0n) is 10.7. The van der Waals surface area contributed by atoms with Gasteiger partial charge in [0.15, 0.2) is 0 Å². The zero-order valence-corrected chi connectivity index (χ0v) is 10.7. The molecule has 1 aliphatic rings. The van der Waals surface area contributed by atoms with Crippen molar-refractivity contribution in [3.8, 4) is 0 Å². The molecule has 1 rings (SSSR count). The second kappa shape index (κ2) is 5.64. The molecule has 0 amide bonds. The maximum absolute atomic E-state index is 11.3. The highest BCUT2D eigenvalue weighted by molar-refractivity contribution is 5.74. The Hall–Kier alpha value is -0.610. The molecule has 4 nitrogen and oxygen atoms in total. The van der Waals surface area contributed by atoms with Crippen molar-refractivity contribution in [1.82, 2.24) is 9.80 Å². The van der Waals surface area contributed by atoms with Crippen molar-refractivity contribution in [2.24, 2.45) is 5.41 Å². The van der Waals surface area contributed by atoms with Crippen molar-refractivity contribution < 1.29 is 9.90 Å². The van der Waals surface area contributed by atoms with Gasteiger partial charge in [-0.15, -0.1) is 0 Å². The fourth-order valence-electron chi connectivity index (χ4n) is 2.30. The molecule has 16 heavy (non-hydrogen) atoms. The Morgan fingerprint density at radius 1 is 1.31 bits per heavy atom. The van der Waals surface area contributed by atoms with Gasteiger partial charge in [-0.25, -0.2) is 0 Å². The molecule has 94 valence electrons. The highest BCUT2D eigenvalue weighted by Gasteiger charge is 2.34. The summed E-state index contributed by atoms with van der Waals surface area (Å²) in [7, 11) is 2.11. The summed E-state index contributed by atoms with van der Waals surface area (Å²) in [4.78, 5) is 15.9. The van der Waals surface area contributed by atoms with Gasteiger partial charge in [-0.05, 0) is 20.4 Å². The van der Waals surface area contributed by atoms with Gasteiger partial charge in [0, 0.05) is 32.7 Å². The summed E-state index contributed by atoms with van der Waals surface area (Å²) < 4.78 is 0. The van der Waals surface area contributed by atoms with E-state index in [0.29, 0.717) is 6.54 Å². The van der Waals surface area contributed by atoms with Crippen molar-refractivity contribution in [2.45, 2.75) is 26.7 Å². The summed E-state index contributed by atoms with van der Waals surface area (Å²) in [5.74, 6) is -0.659. The van der Waals surface area contributed by atoms with E-state index < -0.39 is 11.4 Å². The van der Waals surface area contributed by atoms with Crippen LogP contribution in [0.15, 0.2) is 0 Å². The predicted molar refractivity (Wildman–Crippen MR) is 64.6 cm³/mol. The van der Waals surface area contributed by atoms with Gasteiger partial charge in [-0.3, -0.25) is 9.69 Å². The molecular formula is C12H24N2O2. The second-order valence-electron chi connectivity index (χ2n) is 5.20. The van der Waals surface area contributed by atoms with Crippen LogP contribution in [-0.4, -0.2) is 60.6 Å². The summed E-state index contributed by atoms with van der Waals surface area (Å²) in [6, 6.07) is 0. The Bertz CT molecular complexity index is 237. The van der Waals surface area contributed by atoms with Crippen LogP contribution in [0.5, 0.6) is 0 Å². The van der Waals surface area contributed by atoms with Crippen LogP contribution in [0, 0.1) is 5.41 Å². The van der Waals surface area contributed by atoms with Crippen LogP contribution in [0.4, 0.5) is 0 Å². The van der Waals surface area contributed by atoms with Crippen LogP contribution in [0.25, 0.3) is 0 Å². The number of carbonyl (C=O) groups is 1. The third kappa shape index (κ3) is 3.46. The molecule has 1 N–H and O–H groups in total. The maximum Gasteiger partial charge on any atom is 0.310 e. The normalized spacial score (nSPS) is 22.9. The lowest BCUT2D eigenvalue weighted by Crippen LogP contribution is -2.49. The third-order valence-corrected chi connectivity index (χ3v) is 3.49. The number of aliphatic carboxylic acids is 1. The lowest BCUT2D eigenvalue weighted by atomic mass is 9.85. The number of nitrogens with zero attached hydrogens (tertiary/aromatic N) is 2. The minimum atomic E-state index is -0.659. The number of rotatable bonds is 5. The lowest BCUT2D eigenvalue weighted by Gasteiger charge is -2.37. The molecular weight excluding hydrogens is 204 g/mol. The van der Waals surface area contributed by atoms with E-state index >= 15 is 0 Å². The quantitative estimate of drug-likeness (QED) is 0.766. The molecule has 1 saturated heterocycles. The average molecular weight is 228 g/mol. The minimum absolute atomic E-state index is 0.579. The Balaban J connectivity index is 2.52. The zero-order chi connectivity index (χ0) is 12.2. The van der Waals surface area contributed by atoms with Crippen LogP contribution in [0.2, 0.25) is 0 Å². The van der Waals surface area contributed by atoms with Gasteiger partial charge in [-0.1, -0.05) is 13.3 Å². The maximum atomic E-state index is 11.3. The molecule has 1 atom stereocenters. The third-order valence-electron chi connectivity index (χ3n) is 3.49. The van der Waals surface area contributed by atoms with Gasteiger partial charge in [0.25, 0.3) is 0 Å².